The van der Waals surface area contributed by atoms with Crippen LogP contribution in [0, 0.1) is 13.8 Å². The Balaban J connectivity index is 2.31. The van der Waals surface area contributed by atoms with Crippen LogP contribution in [-0.2, 0) is 0 Å². The van der Waals surface area contributed by atoms with Crippen molar-refractivity contribution in [2.45, 2.75) is 26.9 Å². The fourth-order valence-corrected chi connectivity index (χ4v) is 1.82. The third-order valence-corrected chi connectivity index (χ3v) is 3.08. The monoisotopic (exact) mass is 242 g/mol. The predicted molar refractivity (Wildman–Crippen MR) is 73.1 cm³/mol. The van der Waals surface area contributed by atoms with E-state index in [-0.39, 0.29) is 0 Å². The summed E-state index contributed by atoms with van der Waals surface area (Å²) in [6.07, 6.45) is -0.534. The molecule has 0 aromatic heterocycles. The average molecular weight is 242 g/mol. The minimum atomic E-state index is -0.534. The molecule has 0 spiro atoms. The Kier molecular flexibility index (Phi) is 3.68. The molecule has 1 N–H and O–H groups in total. The molecule has 94 valence electrons. The lowest BCUT2D eigenvalue weighted by atomic mass is 10.1. The van der Waals surface area contributed by atoms with Crippen LogP contribution in [0.2, 0.25) is 0 Å². The van der Waals surface area contributed by atoms with E-state index < -0.39 is 6.10 Å². The van der Waals surface area contributed by atoms with Crippen LogP contribution in [0.4, 0.5) is 0 Å². The molecule has 2 heteroatoms. The van der Waals surface area contributed by atoms with Crippen molar-refractivity contribution < 1.29 is 9.84 Å². The summed E-state index contributed by atoms with van der Waals surface area (Å²) in [5.41, 5.74) is 3.24. The minimum Gasteiger partial charge on any atom is -0.457 e. The number of aliphatic hydroxyl groups excluding tert-OH is 1. The van der Waals surface area contributed by atoms with Crippen LogP contribution >= 0.6 is 0 Å². The van der Waals surface area contributed by atoms with Crippen molar-refractivity contribution >= 4 is 0 Å². The Morgan fingerprint density at radius 2 is 1.72 bits per heavy atom. The van der Waals surface area contributed by atoms with Crippen molar-refractivity contribution in [1.29, 1.82) is 0 Å². The first-order valence-corrected chi connectivity index (χ1v) is 6.10. The van der Waals surface area contributed by atoms with E-state index in [9.17, 15) is 5.11 Å². The molecule has 2 rings (SSSR count). The van der Waals surface area contributed by atoms with Gasteiger partial charge in [-0.15, -0.1) is 0 Å². The molecule has 2 aromatic carbocycles. The number of aliphatic hydroxyl groups is 1. The molecular formula is C16H18O2. The number of rotatable bonds is 3. The third kappa shape index (κ3) is 2.71. The molecule has 0 aliphatic carbocycles. The Hall–Kier alpha value is -1.80. The van der Waals surface area contributed by atoms with Crippen LogP contribution in [0.15, 0.2) is 42.5 Å². The summed E-state index contributed by atoms with van der Waals surface area (Å²) in [6, 6.07) is 13.5. The zero-order valence-electron chi connectivity index (χ0n) is 11.0. The van der Waals surface area contributed by atoms with E-state index in [4.69, 9.17) is 4.74 Å². The summed E-state index contributed by atoms with van der Waals surface area (Å²) in [7, 11) is 0. The number of hydrogen-bond acceptors (Lipinski definition) is 2. The van der Waals surface area contributed by atoms with Crippen molar-refractivity contribution in [1.82, 2.24) is 0 Å². The fourth-order valence-electron chi connectivity index (χ4n) is 1.82. The number of para-hydroxylation sites is 1. The molecule has 0 saturated heterocycles. The van der Waals surface area contributed by atoms with Crippen molar-refractivity contribution in [3.05, 3.63) is 59.2 Å². The van der Waals surface area contributed by atoms with Gasteiger partial charge in [0.25, 0.3) is 0 Å². The zero-order chi connectivity index (χ0) is 13.1. The molecule has 0 saturated carbocycles. The molecule has 18 heavy (non-hydrogen) atoms. The van der Waals surface area contributed by atoms with Gasteiger partial charge in [0, 0.05) is 5.56 Å². The lowest BCUT2D eigenvalue weighted by Crippen LogP contribution is -1.96. The van der Waals surface area contributed by atoms with E-state index in [1.165, 1.54) is 11.1 Å². The van der Waals surface area contributed by atoms with Crippen molar-refractivity contribution in [2.24, 2.45) is 0 Å². The topological polar surface area (TPSA) is 29.5 Å². The van der Waals surface area contributed by atoms with Gasteiger partial charge in [-0.2, -0.15) is 0 Å². The van der Waals surface area contributed by atoms with E-state index >= 15 is 0 Å². The van der Waals surface area contributed by atoms with Gasteiger partial charge in [0.2, 0.25) is 0 Å². The zero-order valence-corrected chi connectivity index (χ0v) is 11.0. The Bertz CT molecular complexity index is 545. The van der Waals surface area contributed by atoms with E-state index in [0.717, 1.165) is 11.3 Å². The molecule has 2 aromatic rings. The van der Waals surface area contributed by atoms with E-state index in [0.29, 0.717) is 5.75 Å². The van der Waals surface area contributed by atoms with Gasteiger partial charge in [0.1, 0.15) is 11.5 Å². The second-order valence-electron chi connectivity index (χ2n) is 4.56. The summed E-state index contributed by atoms with van der Waals surface area (Å²) in [4.78, 5) is 0. The number of ether oxygens (including phenoxy) is 1. The summed E-state index contributed by atoms with van der Waals surface area (Å²) < 4.78 is 5.85. The van der Waals surface area contributed by atoms with E-state index in [2.05, 4.69) is 13.8 Å². The first-order valence-electron chi connectivity index (χ1n) is 6.10. The van der Waals surface area contributed by atoms with E-state index in [1.54, 1.807) is 6.92 Å². The lowest BCUT2D eigenvalue weighted by Gasteiger charge is -2.13. The molecule has 0 aliphatic heterocycles. The van der Waals surface area contributed by atoms with Crippen LogP contribution in [0.1, 0.15) is 29.7 Å². The molecule has 0 amide bonds. The minimum absolute atomic E-state index is 0.534. The maximum Gasteiger partial charge on any atom is 0.133 e. The largest absolute Gasteiger partial charge is 0.457 e. The molecule has 0 unspecified atom stereocenters. The predicted octanol–water partition coefficient (Wildman–Crippen LogP) is 4.15. The Labute approximate surface area is 108 Å². The molecule has 0 bridgehead atoms. The highest BCUT2D eigenvalue weighted by molar-refractivity contribution is 5.41. The standard InChI is InChI=1S/C16H18O2/c1-11-8-9-14(10-12(11)2)18-16-7-5-4-6-15(16)13(3)17/h4-10,13,17H,1-3H3/t13-/m0/s1. The number of hydrogen-bond donors (Lipinski definition) is 1. The molecular weight excluding hydrogens is 224 g/mol. The quantitative estimate of drug-likeness (QED) is 0.876. The summed E-state index contributed by atoms with van der Waals surface area (Å²) in [5.74, 6) is 1.50. The van der Waals surface area contributed by atoms with Crippen LogP contribution in [0.5, 0.6) is 11.5 Å². The maximum absolute atomic E-state index is 9.70. The Morgan fingerprint density at radius 3 is 2.39 bits per heavy atom. The molecule has 2 nitrogen and oxygen atoms in total. The molecule has 0 aliphatic rings. The molecule has 0 fully saturated rings. The highest BCUT2D eigenvalue weighted by atomic mass is 16.5. The Morgan fingerprint density at radius 1 is 1.00 bits per heavy atom. The first kappa shape index (κ1) is 12.7. The maximum atomic E-state index is 9.70. The van der Waals surface area contributed by atoms with Crippen molar-refractivity contribution in [2.75, 3.05) is 0 Å². The number of aryl methyl sites for hydroxylation is 2. The van der Waals surface area contributed by atoms with Crippen molar-refractivity contribution in [3.63, 3.8) is 0 Å². The van der Waals surface area contributed by atoms with Crippen LogP contribution < -0.4 is 4.74 Å². The van der Waals surface area contributed by atoms with Crippen molar-refractivity contribution in [3.8, 4) is 11.5 Å². The van der Waals surface area contributed by atoms with Crippen LogP contribution in [0.25, 0.3) is 0 Å². The van der Waals surface area contributed by atoms with E-state index in [1.807, 2.05) is 42.5 Å². The molecule has 1 atom stereocenters. The van der Waals surface area contributed by atoms with Gasteiger partial charge in [-0.25, -0.2) is 0 Å². The lowest BCUT2D eigenvalue weighted by molar-refractivity contribution is 0.195. The molecule has 0 radical (unpaired) electrons. The van der Waals surface area contributed by atoms with Gasteiger partial charge < -0.3 is 9.84 Å². The SMILES string of the molecule is Cc1ccc(Oc2ccccc2[C@H](C)O)cc1C. The van der Waals surface area contributed by atoms with Gasteiger partial charge in [-0.05, 0) is 50.1 Å². The van der Waals surface area contributed by atoms with Gasteiger partial charge in [0.15, 0.2) is 0 Å². The van der Waals surface area contributed by atoms with Gasteiger partial charge in [-0.1, -0.05) is 24.3 Å². The summed E-state index contributed by atoms with van der Waals surface area (Å²) >= 11 is 0. The molecule has 0 heterocycles. The average Bonchev–Trinajstić information content (AvgIpc) is 2.34. The first-order chi connectivity index (χ1) is 8.58. The van der Waals surface area contributed by atoms with Crippen LogP contribution in [0.3, 0.4) is 0 Å². The highest BCUT2D eigenvalue weighted by Gasteiger charge is 2.09. The van der Waals surface area contributed by atoms with Gasteiger partial charge in [-0.3, -0.25) is 0 Å². The van der Waals surface area contributed by atoms with Gasteiger partial charge >= 0.3 is 0 Å². The van der Waals surface area contributed by atoms with Crippen LogP contribution in [-0.4, -0.2) is 5.11 Å². The number of benzene rings is 2. The normalized spacial score (nSPS) is 12.2. The fraction of sp³-hybridized carbons (Fsp3) is 0.250. The summed E-state index contributed by atoms with van der Waals surface area (Å²) in [6.45, 7) is 5.87. The smallest absolute Gasteiger partial charge is 0.133 e. The highest BCUT2D eigenvalue weighted by Crippen LogP contribution is 2.30. The van der Waals surface area contributed by atoms with Gasteiger partial charge in [0.05, 0.1) is 6.10 Å². The second kappa shape index (κ2) is 5.23. The third-order valence-electron chi connectivity index (χ3n) is 3.08. The summed E-state index contributed by atoms with van der Waals surface area (Å²) in [5, 5.41) is 9.70. The second-order valence-corrected chi connectivity index (χ2v) is 4.56.